The minimum absolute atomic E-state index is 0. The summed E-state index contributed by atoms with van der Waals surface area (Å²) in [6, 6.07) is 0. The Hall–Kier alpha value is 0.864. The maximum atomic E-state index is 8.76. The average Bonchev–Trinajstić information content (AvgIpc) is 2.20. The third-order valence-corrected chi connectivity index (χ3v) is 1.64. The molecule has 4 N–H and O–H groups in total. The summed E-state index contributed by atoms with van der Waals surface area (Å²) < 4.78 is 9.19. The number of hydrogen-bond acceptors (Lipinski definition) is 6. The maximum Gasteiger partial charge on any atom is 0.0795 e. The number of methoxy groups -OCH3 is 2. The fraction of sp³-hybridized carbons (Fsp3) is 1.00. The predicted molar refractivity (Wildman–Crippen MR) is 59.2 cm³/mol. The Morgan fingerprint density at radius 2 is 1.12 bits per heavy atom. The topological polar surface area (TPSA) is 99.4 Å². The van der Waals surface area contributed by atoms with Crippen molar-refractivity contribution in [1.82, 2.24) is 0 Å². The summed E-state index contributed by atoms with van der Waals surface area (Å²) >= 11 is 0. The maximum absolute atomic E-state index is 8.76. The third kappa shape index (κ3) is 22.5. The molecule has 0 aliphatic carbocycles. The molecule has 2 atom stereocenters. The zero-order chi connectivity index (χ0) is 12.8. The van der Waals surface area contributed by atoms with Crippen LogP contribution < -0.4 is 0 Å². The molecule has 0 aliphatic rings. The first kappa shape index (κ1) is 23.0. The van der Waals surface area contributed by atoms with Gasteiger partial charge in [0, 0.05) is 60.1 Å². The van der Waals surface area contributed by atoms with Crippen molar-refractivity contribution in [3.05, 3.63) is 0 Å². The van der Waals surface area contributed by atoms with Gasteiger partial charge in [0.05, 0.1) is 25.4 Å². The molecular weight excluding hydrogens is 305 g/mol. The Bertz CT molecular complexity index is 101. The molecule has 0 fully saturated rings. The molecular formula is C10H24O6Y. The van der Waals surface area contributed by atoms with Gasteiger partial charge in [-0.3, -0.25) is 0 Å². The monoisotopic (exact) mass is 329 g/mol. The van der Waals surface area contributed by atoms with Gasteiger partial charge in [0.1, 0.15) is 0 Å². The number of aliphatic hydroxyl groups is 4. The predicted octanol–water partition coefficient (Wildman–Crippen LogP) is -1.25. The van der Waals surface area contributed by atoms with Crippen molar-refractivity contribution in [1.29, 1.82) is 0 Å². The van der Waals surface area contributed by atoms with Crippen LogP contribution in [0.3, 0.4) is 0 Å². The van der Waals surface area contributed by atoms with Crippen LogP contribution in [0.1, 0.15) is 12.8 Å². The van der Waals surface area contributed by atoms with E-state index in [1.54, 1.807) is 0 Å². The molecule has 0 amide bonds. The molecule has 0 rings (SSSR count). The Balaban J connectivity index is -0.000000218. The largest absolute Gasteiger partial charge is 0.396 e. The molecule has 0 saturated heterocycles. The van der Waals surface area contributed by atoms with Crippen molar-refractivity contribution in [3.8, 4) is 0 Å². The minimum atomic E-state index is -0.509. The van der Waals surface area contributed by atoms with Crippen LogP contribution in [0.25, 0.3) is 0 Å². The summed E-state index contributed by atoms with van der Waals surface area (Å²) in [6.07, 6.45) is -0.225. The Kier molecular flexibility index (Phi) is 26.0. The Morgan fingerprint density at radius 1 is 0.824 bits per heavy atom. The molecule has 0 bridgehead atoms. The summed E-state index contributed by atoms with van der Waals surface area (Å²) in [5, 5.41) is 34.0. The summed E-state index contributed by atoms with van der Waals surface area (Å²) in [4.78, 5) is 0. The van der Waals surface area contributed by atoms with Crippen LogP contribution >= 0.6 is 0 Å². The zero-order valence-corrected chi connectivity index (χ0v) is 13.4. The van der Waals surface area contributed by atoms with Crippen molar-refractivity contribution >= 4 is 0 Å². The van der Waals surface area contributed by atoms with E-state index in [1.807, 2.05) is 0 Å². The molecule has 0 aromatic carbocycles. The van der Waals surface area contributed by atoms with Crippen LogP contribution in [0.15, 0.2) is 0 Å². The number of hydrogen-bond donors (Lipinski definition) is 4. The molecule has 0 aromatic heterocycles. The van der Waals surface area contributed by atoms with Crippen LogP contribution in [0.2, 0.25) is 0 Å². The first-order valence-corrected chi connectivity index (χ1v) is 5.18. The van der Waals surface area contributed by atoms with Gasteiger partial charge in [0.25, 0.3) is 0 Å². The van der Waals surface area contributed by atoms with E-state index in [-0.39, 0.29) is 45.9 Å². The first-order valence-electron chi connectivity index (χ1n) is 5.18. The first-order chi connectivity index (χ1) is 7.62. The summed E-state index contributed by atoms with van der Waals surface area (Å²) in [5.74, 6) is 0. The van der Waals surface area contributed by atoms with Crippen LogP contribution in [0.4, 0.5) is 0 Å². The number of rotatable bonds is 8. The minimum Gasteiger partial charge on any atom is -0.396 e. The van der Waals surface area contributed by atoms with Crippen LogP contribution in [0.5, 0.6) is 0 Å². The van der Waals surface area contributed by atoms with Gasteiger partial charge in [0.2, 0.25) is 0 Å². The zero-order valence-electron chi connectivity index (χ0n) is 10.6. The van der Waals surface area contributed by atoms with E-state index in [4.69, 9.17) is 20.4 Å². The van der Waals surface area contributed by atoms with Gasteiger partial charge >= 0.3 is 0 Å². The van der Waals surface area contributed by atoms with Crippen molar-refractivity contribution in [2.45, 2.75) is 25.0 Å². The fourth-order valence-electron chi connectivity index (χ4n) is 0.849. The number of aliphatic hydroxyl groups excluding tert-OH is 4. The van der Waals surface area contributed by atoms with Gasteiger partial charge in [-0.25, -0.2) is 0 Å². The van der Waals surface area contributed by atoms with E-state index >= 15 is 0 Å². The standard InChI is InChI=1S/2C5H12O3.Y/c2*1-8-4-5(7)2-3-6;/h2*5-7H,2-4H2,1H3;. The van der Waals surface area contributed by atoms with Crippen LogP contribution in [-0.4, -0.2) is 73.3 Å². The second kappa shape index (κ2) is 19.2. The van der Waals surface area contributed by atoms with Crippen LogP contribution in [0, 0.1) is 0 Å². The molecule has 1 radical (unpaired) electrons. The van der Waals surface area contributed by atoms with E-state index in [2.05, 4.69) is 9.47 Å². The molecule has 0 spiro atoms. The van der Waals surface area contributed by atoms with Crippen molar-refractivity contribution in [2.24, 2.45) is 0 Å². The summed E-state index contributed by atoms with van der Waals surface area (Å²) in [5.41, 5.74) is 0. The van der Waals surface area contributed by atoms with Crippen molar-refractivity contribution in [2.75, 3.05) is 40.6 Å². The van der Waals surface area contributed by atoms with Crippen LogP contribution in [-0.2, 0) is 42.2 Å². The molecule has 0 aliphatic heterocycles. The normalized spacial score (nSPS) is 13.1. The second-order valence-corrected chi connectivity index (χ2v) is 3.24. The fourth-order valence-corrected chi connectivity index (χ4v) is 0.849. The van der Waals surface area contributed by atoms with E-state index in [0.29, 0.717) is 26.1 Å². The van der Waals surface area contributed by atoms with Gasteiger partial charge in [-0.2, -0.15) is 0 Å². The summed E-state index contributed by atoms with van der Waals surface area (Å²) in [6.45, 7) is 0.649. The summed E-state index contributed by atoms with van der Waals surface area (Å²) in [7, 11) is 3.03. The van der Waals surface area contributed by atoms with Crippen molar-refractivity contribution in [3.63, 3.8) is 0 Å². The number of ether oxygens (including phenoxy) is 2. The molecule has 0 saturated carbocycles. The molecule has 0 aromatic rings. The van der Waals surface area contributed by atoms with Crippen molar-refractivity contribution < 1.29 is 62.6 Å². The molecule has 17 heavy (non-hydrogen) atoms. The SMILES string of the molecule is COCC(O)CCO.COCC(O)CCO.[Y]. The molecule has 0 heterocycles. The van der Waals surface area contributed by atoms with E-state index < -0.39 is 12.2 Å². The molecule has 7 heteroatoms. The van der Waals surface area contributed by atoms with E-state index in [1.165, 1.54) is 14.2 Å². The molecule has 6 nitrogen and oxygen atoms in total. The van der Waals surface area contributed by atoms with Gasteiger partial charge in [0.15, 0.2) is 0 Å². The van der Waals surface area contributed by atoms with Gasteiger partial charge < -0.3 is 29.9 Å². The molecule has 2 unspecified atom stereocenters. The molecule has 103 valence electrons. The van der Waals surface area contributed by atoms with Gasteiger partial charge in [-0.05, 0) is 12.8 Å². The average molecular weight is 329 g/mol. The van der Waals surface area contributed by atoms with E-state index in [9.17, 15) is 0 Å². The van der Waals surface area contributed by atoms with Gasteiger partial charge in [-0.1, -0.05) is 0 Å². The van der Waals surface area contributed by atoms with Gasteiger partial charge in [-0.15, -0.1) is 0 Å². The van der Waals surface area contributed by atoms with E-state index in [0.717, 1.165) is 0 Å². The smallest absolute Gasteiger partial charge is 0.0795 e. The Labute approximate surface area is 128 Å². The Morgan fingerprint density at radius 3 is 1.29 bits per heavy atom. The second-order valence-electron chi connectivity index (χ2n) is 3.24. The third-order valence-electron chi connectivity index (χ3n) is 1.64. The quantitative estimate of drug-likeness (QED) is 0.444.